The molecule has 3 aromatic rings. The number of ether oxygens (including phenoxy) is 2. The van der Waals surface area contributed by atoms with Gasteiger partial charge in [-0.3, -0.25) is 14.6 Å². The maximum absolute atomic E-state index is 13.2. The van der Waals surface area contributed by atoms with Gasteiger partial charge in [-0.25, -0.2) is 0 Å². The van der Waals surface area contributed by atoms with Crippen LogP contribution in [0.5, 0.6) is 11.5 Å². The van der Waals surface area contributed by atoms with Crippen LogP contribution < -0.4 is 9.47 Å². The molecule has 0 aliphatic carbocycles. The van der Waals surface area contributed by atoms with Gasteiger partial charge < -0.3 is 19.5 Å². The summed E-state index contributed by atoms with van der Waals surface area (Å²) >= 11 is 3.40. The maximum atomic E-state index is 13.2. The van der Waals surface area contributed by atoms with E-state index < -0.39 is 17.7 Å². The van der Waals surface area contributed by atoms with E-state index in [1.165, 1.54) is 12.0 Å². The Hall–Kier alpha value is -3.65. The minimum atomic E-state index is -0.773. The zero-order valence-corrected chi connectivity index (χ0v) is 19.6. The summed E-state index contributed by atoms with van der Waals surface area (Å²) in [4.78, 5) is 31.7. The first-order valence-corrected chi connectivity index (χ1v) is 10.9. The van der Waals surface area contributed by atoms with E-state index >= 15 is 0 Å². The minimum Gasteiger partial charge on any atom is -0.507 e. The van der Waals surface area contributed by atoms with Crippen molar-refractivity contribution >= 4 is 33.4 Å². The van der Waals surface area contributed by atoms with Crippen LogP contribution in [0.15, 0.2) is 77.0 Å². The highest BCUT2D eigenvalue weighted by Gasteiger charge is 2.46. The van der Waals surface area contributed by atoms with Gasteiger partial charge in [0.1, 0.15) is 17.3 Å². The zero-order chi connectivity index (χ0) is 23.5. The number of aliphatic hydroxyl groups excluding tert-OH is 1. The molecular formula is C25H21BrN2O5. The van der Waals surface area contributed by atoms with Gasteiger partial charge in [-0.05, 0) is 69.5 Å². The SMILES string of the molecule is COc1ccc(C2/C(=C(/O)c3ccc(OC)c(Br)c3)C(=O)C(=O)N2Cc2ccncc2)cc1. The Labute approximate surface area is 199 Å². The fourth-order valence-corrected chi connectivity index (χ4v) is 4.37. The molecule has 2 heterocycles. The summed E-state index contributed by atoms with van der Waals surface area (Å²) in [5.41, 5.74) is 1.91. The Balaban J connectivity index is 1.85. The van der Waals surface area contributed by atoms with Gasteiger partial charge in [0.2, 0.25) is 0 Å². The number of hydrogen-bond donors (Lipinski definition) is 1. The number of benzene rings is 2. The average Bonchev–Trinajstić information content (AvgIpc) is 3.09. The third-order valence-electron chi connectivity index (χ3n) is 5.50. The molecule has 0 radical (unpaired) electrons. The second-order valence-corrected chi connectivity index (χ2v) is 8.26. The monoisotopic (exact) mass is 508 g/mol. The fraction of sp³-hybridized carbons (Fsp3) is 0.160. The number of halogens is 1. The van der Waals surface area contributed by atoms with Gasteiger partial charge in [0.25, 0.3) is 11.7 Å². The Morgan fingerprint density at radius 3 is 2.33 bits per heavy atom. The highest BCUT2D eigenvalue weighted by Crippen LogP contribution is 2.41. The molecule has 8 heteroatoms. The Morgan fingerprint density at radius 2 is 1.73 bits per heavy atom. The zero-order valence-electron chi connectivity index (χ0n) is 18.0. The molecule has 1 saturated heterocycles. The maximum Gasteiger partial charge on any atom is 0.295 e. The number of methoxy groups -OCH3 is 2. The number of rotatable bonds is 6. The number of likely N-dealkylation sites (tertiary alicyclic amines) is 1. The average molecular weight is 509 g/mol. The van der Waals surface area contributed by atoms with Crippen LogP contribution in [0.4, 0.5) is 0 Å². The van der Waals surface area contributed by atoms with Crippen molar-refractivity contribution in [3.63, 3.8) is 0 Å². The van der Waals surface area contributed by atoms with E-state index in [0.29, 0.717) is 27.1 Å². The molecular weight excluding hydrogens is 488 g/mol. The van der Waals surface area contributed by atoms with Crippen LogP contribution in [0.2, 0.25) is 0 Å². The molecule has 1 atom stereocenters. The topological polar surface area (TPSA) is 89.0 Å². The number of nitrogens with zero attached hydrogens (tertiary/aromatic N) is 2. The molecule has 4 rings (SSSR count). The van der Waals surface area contributed by atoms with Crippen molar-refractivity contribution in [3.8, 4) is 11.5 Å². The van der Waals surface area contributed by atoms with E-state index in [1.54, 1.807) is 74.1 Å². The molecule has 0 spiro atoms. The number of hydrogen-bond acceptors (Lipinski definition) is 6. The molecule has 1 fully saturated rings. The van der Waals surface area contributed by atoms with Crippen molar-refractivity contribution in [1.29, 1.82) is 0 Å². The Kier molecular flexibility index (Phi) is 6.46. The summed E-state index contributed by atoms with van der Waals surface area (Å²) < 4.78 is 11.1. The van der Waals surface area contributed by atoms with Crippen LogP contribution in [-0.4, -0.2) is 40.9 Å². The molecule has 168 valence electrons. The smallest absolute Gasteiger partial charge is 0.295 e. The summed E-state index contributed by atoms with van der Waals surface area (Å²) in [6.45, 7) is 0.187. The first kappa shape index (κ1) is 22.5. The number of aliphatic hydroxyl groups is 1. The quantitative estimate of drug-likeness (QED) is 0.300. The molecule has 2 aromatic carbocycles. The summed E-state index contributed by atoms with van der Waals surface area (Å²) in [5, 5.41) is 11.2. The molecule has 1 unspecified atom stereocenters. The second kappa shape index (κ2) is 9.46. The predicted octanol–water partition coefficient (Wildman–Crippen LogP) is 4.48. The lowest BCUT2D eigenvalue weighted by molar-refractivity contribution is -0.140. The molecule has 0 bridgehead atoms. The number of pyridine rings is 1. The van der Waals surface area contributed by atoms with Gasteiger partial charge in [-0.2, -0.15) is 0 Å². The second-order valence-electron chi connectivity index (χ2n) is 7.40. The summed E-state index contributed by atoms with van der Waals surface area (Å²) in [6, 6.07) is 14.8. The Bertz CT molecular complexity index is 1230. The van der Waals surface area contributed by atoms with Gasteiger partial charge in [0.05, 0.1) is 30.3 Å². The third-order valence-corrected chi connectivity index (χ3v) is 6.12. The largest absolute Gasteiger partial charge is 0.507 e. The van der Waals surface area contributed by atoms with Crippen LogP contribution in [0.1, 0.15) is 22.7 Å². The predicted molar refractivity (Wildman–Crippen MR) is 126 cm³/mol. The van der Waals surface area contributed by atoms with Crippen LogP contribution in [0, 0.1) is 0 Å². The Morgan fingerprint density at radius 1 is 1.03 bits per heavy atom. The van der Waals surface area contributed by atoms with E-state index in [9.17, 15) is 14.7 Å². The first-order valence-electron chi connectivity index (χ1n) is 10.1. The van der Waals surface area contributed by atoms with E-state index in [2.05, 4.69) is 20.9 Å². The molecule has 33 heavy (non-hydrogen) atoms. The van der Waals surface area contributed by atoms with E-state index in [0.717, 1.165) is 5.56 Å². The van der Waals surface area contributed by atoms with Crippen LogP contribution >= 0.6 is 15.9 Å². The normalized spacial score (nSPS) is 17.3. The summed E-state index contributed by atoms with van der Waals surface area (Å²) in [7, 11) is 3.10. The lowest BCUT2D eigenvalue weighted by atomic mass is 9.95. The van der Waals surface area contributed by atoms with Gasteiger partial charge >= 0.3 is 0 Å². The van der Waals surface area contributed by atoms with Crippen LogP contribution in [0.3, 0.4) is 0 Å². The highest BCUT2D eigenvalue weighted by molar-refractivity contribution is 9.10. The third kappa shape index (κ3) is 4.34. The molecule has 1 amide bonds. The molecule has 1 aromatic heterocycles. The van der Waals surface area contributed by atoms with Crippen molar-refractivity contribution in [1.82, 2.24) is 9.88 Å². The lowest BCUT2D eigenvalue weighted by Gasteiger charge is -2.25. The van der Waals surface area contributed by atoms with E-state index in [4.69, 9.17) is 9.47 Å². The van der Waals surface area contributed by atoms with Crippen molar-refractivity contribution in [2.24, 2.45) is 0 Å². The van der Waals surface area contributed by atoms with Crippen LogP contribution in [0.25, 0.3) is 5.76 Å². The van der Waals surface area contributed by atoms with E-state index in [1.807, 2.05) is 0 Å². The molecule has 1 aliphatic heterocycles. The van der Waals surface area contributed by atoms with Crippen molar-refractivity contribution < 1.29 is 24.2 Å². The number of aromatic nitrogens is 1. The first-order chi connectivity index (χ1) is 15.9. The number of ketones is 1. The van der Waals surface area contributed by atoms with Crippen molar-refractivity contribution in [2.75, 3.05) is 14.2 Å². The standard InChI is InChI=1S/C25H21BrN2O5/c1-32-18-6-3-16(4-7-18)22-21(23(29)17-5-8-20(33-2)19(26)13-17)24(30)25(31)28(22)14-15-9-11-27-12-10-15/h3-13,22,29H,14H2,1-2H3/b23-21-. The fourth-order valence-electron chi connectivity index (χ4n) is 3.83. The number of amides is 1. The van der Waals surface area contributed by atoms with Crippen LogP contribution in [-0.2, 0) is 16.1 Å². The molecule has 1 aliphatic rings. The lowest BCUT2D eigenvalue weighted by Crippen LogP contribution is -2.29. The van der Waals surface area contributed by atoms with Gasteiger partial charge in [-0.15, -0.1) is 0 Å². The molecule has 1 N–H and O–H groups in total. The van der Waals surface area contributed by atoms with E-state index in [-0.39, 0.29) is 17.9 Å². The number of carbonyl (C=O) groups is 2. The molecule has 7 nitrogen and oxygen atoms in total. The van der Waals surface area contributed by atoms with Crippen molar-refractivity contribution in [2.45, 2.75) is 12.6 Å². The summed E-state index contributed by atoms with van der Waals surface area (Å²) in [5.74, 6) is -0.453. The summed E-state index contributed by atoms with van der Waals surface area (Å²) in [6.07, 6.45) is 3.26. The number of carbonyl (C=O) groups excluding carboxylic acids is 2. The van der Waals surface area contributed by atoms with Crippen molar-refractivity contribution in [3.05, 3.63) is 93.7 Å². The molecule has 0 saturated carbocycles. The number of Topliss-reactive ketones (excluding diaryl/α,β-unsaturated/α-hetero) is 1. The highest BCUT2D eigenvalue weighted by atomic mass is 79.9. The minimum absolute atomic E-state index is 0.0243. The van der Waals surface area contributed by atoms with Gasteiger partial charge in [-0.1, -0.05) is 12.1 Å². The van der Waals surface area contributed by atoms with Gasteiger partial charge in [0.15, 0.2) is 0 Å². The van der Waals surface area contributed by atoms with Gasteiger partial charge in [0, 0.05) is 24.5 Å².